The molecule has 1 fully saturated rings. The molecule has 2 aliphatic rings. The number of nitrogens with zero attached hydrogens (tertiary/aromatic N) is 2. The number of carbonyl (C=O) groups is 2. The summed E-state index contributed by atoms with van der Waals surface area (Å²) in [5.41, 5.74) is -0.567. The lowest BCUT2D eigenvalue weighted by atomic mass is 9.81. The highest BCUT2D eigenvalue weighted by molar-refractivity contribution is 5.78. The largest absolute Gasteiger partial charge is 0.481 e. The summed E-state index contributed by atoms with van der Waals surface area (Å²) < 4.78 is 41.1. The predicted molar refractivity (Wildman–Crippen MR) is 119 cm³/mol. The van der Waals surface area contributed by atoms with Crippen molar-refractivity contribution in [1.82, 2.24) is 9.47 Å². The van der Waals surface area contributed by atoms with E-state index in [9.17, 15) is 27.6 Å². The summed E-state index contributed by atoms with van der Waals surface area (Å²) in [6, 6.07) is 8.12. The van der Waals surface area contributed by atoms with Gasteiger partial charge in [0.05, 0.1) is 12.0 Å². The number of pyridine rings is 1. The molecule has 182 valence electrons. The molecule has 2 aromatic rings. The normalized spacial score (nSPS) is 20.1. The number of likely N-dealkylation sites (tertiary alicyclic amines) is 1. The molecule has 0 aliphatic carbocycles. The Hall–Kier alpha value is -3.10. The van der Waals surface area contributed by atoms with Crippen molar-refractivity contribution in [3.05, 3.63) is 58.0 Å². The first-order chi connectivity index (χ1) is 15.8. The van der Waals surface area contributed by atoms with Gasteiger partial charge < -0.3 is 14.6 Å². The zero-order valence-corrected chi connectivity index (χ0v) is 19.1. The number of rotatable bonds is 5. The number of amides is 1. The fraction of sp³-hybridized carbons (Fsp3) is 0.480. The molecule has 1 amide bonds. The number of hydrogen-bond acceptors (Lipinski definition) is 3. The van der Waals surface area contributed by atoms with E-state index in [-0.39, 0.29) is 47.3 Å². The van der Waals surface area contributed by atoms with Crippen LogP contribution in [-0.2, 0) is 22.3 Å². The molecule has 0 saturated carbocycles. The number of halogens is 3. The molecule has 0 spiro atoms. The molecule has 4 rings (SSSR count). The Kier molecular flexibility index (Phi) is 6.08. The summed E-state index contributed by atoms with van der Waals surface area (Å²) >= 11 is 0. The third-order valence-corrected chi connectivity index (χ3v) is 6.72. The van der Waals surface area contributed by atoms with Gasteiger partial charge in [-0.05, 0) is 47.6 Å². The van der Waals surface area contributed by atoms with Gasteiger partial charge in [-0.3, -0.25) is 14.4 Å². The standard InChI is InChI=1S/C25H27F3N2O4/c1-24(2,11-22(32)33)10-21(31)29-12-15-8-17(14-29)20-7-6-19(23(34)30(20)13-15)16-4-3-5-18(9-16)25(26,27)28/h3-7,9,15,17H,8,10-14H2,1-2H3,(H,32,33). The Morgan fingerprint density at radius 2 is 1.79 bits per heavy atom. The molecular weight excluding hydrogens is 449 g/mol. The van der Waals surface area contributed by atoms with Crippen LogP contribution in [-0.4, -0.2) is 39.5 Å². The first-order valence-electron chi connectivity index (χ1n) is 11.2. The second-order valence-electron chi connectivity index (χ2n) is 10.2. The van der Waals surface area contributed by atoms with Gasteiger partial charge in [-0.15, -0.1) is 0 Å². The summed E-state index contributed by atoms with van der Waals surface area (Å²) in [5.74, 6) is -1.05. The number of piperidine rings is 1. The Balaban J connectivity index is 1.58. The molecule has 34 heavy (non-hydrogen) atoms. The maximum atomic E-state index is 13.3. The molecule has 2 unspecified atom stereocenters. The van der Waals surface area contributed by atoms with Crippen molar-refractivity contribution in [3.8, 4) is 11.1 Å². The molecule has 1 aromatic heterocycles. The van der Waals surface area contributed by atoms with Crippen LogP contribution < -0.4 is 5.56 Å². The lowest BCUT2D eigenvalue weighted by Gasteiger charge is -2.43. The molecule has 2 bridgehead atoms. The number of alkyl halides is 3. The Morgan fingerprint density at radius 3 is 2.47 bits per heavy atom. The molecule has 2 aliphatic heterocycles. The highest BCUT2D eigenvalue weighted by atomic mass is 19.4. The molecule has 0 radical (unpaired) electrons. The average Bonchev–Trinajstić information content (AvgIpc) is 2.72. The molecule has 1 saturated heterocycles. The SMILES string of the molecule is CC(C)(CC(=O)O)CC(=O)N1CC2CC(C1)c1ccc(-c3cccc(C(F)(F)F)c3)c(=O)n1C2. The van der Waals surface area contributed by atoms with Crippen LogP contribution >= 0.6 is 0 Å². The van der Waals surface area contributed by atoms with Crippen molar-refractivity contribution in [2.75, 3.05) is 13.1 Å². The third-order valence-electron chi connectivity index (χ3n) is 6.72. The van der Waals surface area contributed by atoms with Crippen LogP contribution in [0.4, 0.5) is 13.2 Å². The van der Waals surface area contributed by atoms with Gasteiger partial charge in [-0.25, -0.2) is 0 Å². The lowest BCUT2D eigenvalue weighted by Crippen LogP contribution is -2.50. The second kappa shape index (κ2) is 8.60. The van der Waals surface area contributed by atoms with Gasteiger partial charge in [0.1, 0.15) is 0 Å². The minimum atomic E-state index is -4.49. The average molecular weight is 476 g/mol. The summed E-state index contributed by atoms with van der Waals surface area (Å²) in [6.07, 6.45) is -3.65. The van der Waals surface area contributed by atoms with Crippen LogP contribution in [0.2, 0.25) is 0 Å². The molecule has 2 atom stereocenters. The van der Waals surface area contributed by atoms with E-state index in [1.165, 1.54) is 12.1 Å². The van der Waals surface area contributed by atoms with Crippen LogP contribution in [0, 0.1) is 11.3 Å². The number of carbonyl (C=O) groups excluding carboxylic acids is 1. The number of fused-ring (bicyclic) bond motifs is 4. The van der Waals surface area contributed by atoms with Gasteiger partial charge in [0, 0.05) is 43.2 Å². The quantitative estimate of drug-likeness (QED) is 0.695. The number of benzene rings is 1. The van der Waals surface area contributed by atoms with Crippen LogP contribution in [0.5, 0.6) is 0 Å². The lowest BCUT2D eigenvalue weighted by molar-refractivity contribution is -0.141. The number of carboxylic acid groups (broad SMARTS) is 1. The zero-order chi connectivity index (χ0) is 24.8. The molecule has 1 aromatic carbocycles. The van der Waals surface area contributed by atoms with E-state index in [2.05, 4.69) is 0 Å². The summed E-state index contributed by atoms with van der Waals surface area (Å²) in [5, 5.41) is 9.09. The Morgan fingerprint density at radius 1 is 1.06 bits per heavy atom. The monoisotopic (exact) mass is 476 g/mol. The fourth-order valence-electron chi connectivity index (χ4n) is 5.23. The molecule has 3 heterocycles. The highest BCUT2D eigenvalue weighted by Crippen LogP contribution is 2.37. The topological polar surface area (TPSA) is 79.6 Å². The van der Waals surface area contributed by atoms with Crippen LogP contribution in [0.3, 0.4) is 0 Å². The first kappa shape index (κ1) is 24.0. The van der Waals surface area contributed by atoms with E-state index in [1.54, 1.807) is 35.4 Å². The predicted octanol–water partition coefficient (Wildman–Crippen LogP) is 4.37. The zero-order valence-electron chi connectivity index (χ0n) is 19.1. The maximum Gasteiger partial charge on any atom is 0.416 e. The van der Waals surface area contributed by atoms with Crippen LogP contribution in [0.15, 0.2) is 41.2 Å². The molecule has 6 nitrogen and oxygen atoms in total. The third kappa shape index (κ3) is 4.88. The van der Waals surface area contributed by atoms with Crippen LogP contribution in [0.25, 0.3) is 11.1 Å². The smallest absolute Gasteiger partial charge is 0.416 e. The van der Waals surface area contributed by atoms with Gasteiger partial charge in [0.15, 0.2) is 0 Å². The number of aromatic nitrogens is 1. The number of hydrogen-bond donors (Lipinski definition) is 1. The van der Waals surface area contributed by atoms with E-state index in [0.717, 1.165) is 24.2 Å². The van der Waals surface area contributed by atoms with Crippen molar-refractivity contribution in [2.45, 2.75) is 51.7 Å². The van der Waals surface area contributed by atoms with E-state index >= 15 is 0 Å². The van der Waals surface area contributed by atoms with Gasteiger partial charge in [0.2, 0.25) is 5.91 Å². The van der Waals surface area contributed by atoms with Crippen molar-refractivity contribution >= 4 is 11.9 Å². The number of aliphatic carboxylic acids is 1. The van der Waals surface area contributed by atoms with Gasteiger partial charge in [-0.1, -0.05) is 26.0 Å². The summed E-state index contributed by atoms with van der Waals surface area (Å²) in [7, 11) is 0. The number of carboxylic acids is 1. The highest BCUT2D eigenvalue weighted by Gasteiger charge is 2.38. The fourth-order valence-corrected chi connectivity index (χ4v) is 5.23. The molecular formula is C25H27F3N2O4. The van der Waals surface area contributed by atoms with E-state index in [1.807, 2.05) is 0 Å². The van der Waals surface area contributed by atoms with E-state index in [4.69, 9.17) is 5.11 Å². The van der Waals surface area contributed by atoms with E-state index in [0.29, 0.717) is 19.6 Å². The molecule has 9 heteroatoms. The first-order valence-corrected chi connectivity index (χ1v) is 11.2. The summed E-state index contributed by atoms with van der Waals surface area (Å²) in [4.78, 5) is 39.0. The summed E-state index contributed by atoms with van der Waals surface area (Å²) in [6.45, 7) is 4.81. The molecule has 1 N–H and O–H groups in total. The maximum absolute atomic E-state index is 13.3. The minimum Gasteiger partial charge on any atom is -0.481 e. The van der Waals surface area contributed by atoms with Gasteiger partial charge in [-0.2, -0.15) is 13.2 Å². The van der Waals surface area contributed by atoms with E-state index < -0.39 is 23.1 Å². The Bertz CT molecular complexity index is 1190. The van der Waals surface area contributed by atoms with Crippen molar-refractivity contribution in [3.63, 3.8) is 0 Å². The van der Waals surface area contributed by atoms with Crippen molar-refractivity contribution in [2.24, 2.45) is 11.3 Å². The van der Waals surface area contributed by atoms with Crippen LogP contribution in [0.1, 0.15) is 50.3 Å². The minimum absolute atomic E-state index is 0.0484. The van der Waals surface area contributed by atoms with Gasteiger partial charge >= 0.3 is 12.1 Å². The second-order valence-corrected chi connectivity index (χ2v) is 10.2. The van der Waals surface area contributed by atoms with Crippen molar-refractivity contribution < 1.29 is 27.9 Å². The van der Waals surface area contributed by atoms with Crippen molar-refractivity contribution in [1.29, 1.82) is 0 Å². The Labute approximate surface area is 195 Å². The van der Waals surface area contributed by atoms with Gasteiger partial charge in [0.25, 0.3) is 5.56 Å².